The van der Waals surface area contributed by atoms with E-state index in [9.17, 15) is 0 Å². The normalized spacial score (nSPS) is 27.7. The monoisotopic (exact) mass is 382 g/mol. The number of piperidine rings is 2. The van der Waals surface area contributed by atoms with Crippen LogP contribution < -0.4 is 32.7 Å². The van der Waals surface area contributed by atoms with Crippen molar-refractivity contribution in [2.45, 2.75) is 56.6 Å². The van der Waals surface area contributed by atoms with E-state index in [-0.39, 0.29) is 24.5 Å². The number of para-hydroxylation sites is 2. The van der Waals surface area contributed by atoms with Crippen LogP contribution in [0.3, 0.4) is 0 Å². The molecular weight excluding hydrogens is 348 g/mol. The smallest absolute Gasteiger partial charge is 0.0786 e. The molecule has 4 atom stereocenters. The molecule has 0 bridgehead atoms. The Kier molecular flexibility index (Phi) is 7.28. The molecule has 4 unspecified atom stereocenters. The third-order valence-corrected chi connectivity index (χ3v) is 5.52. The number of anilines is 2. The van der Waals surface area contributed by atoms with Crippen molar-refractivity contribution < 1.29 is 0 Å². The minimum atomic E-state index is 0.0705. The molecule has 6 nitrogen and oxygen atoms in total. The fraction of sp³-hybridized carbons (Fsp3) is 0.455. The van der Waals surface area contributed by atoms with E-state index in [1.165, 1.54) is 5.69 Å². The molecule has 2 aliphatic heterocycles. The van der Waals surface area contributed by atoms with E-state index in [4.69, 9.17) is 22.9 Å². The van der Waals surface area contributed by atoms with Gasteiger partial charge in [-0.3, -0.25) is 0 Å². The Hall–Kier alpha value is -2.12. The second-order valence-corrected chi connectivity index (χ2v) is 7.70. The van der Waals surface area contributed by atoms with Crippen molar-refractivity contribution in [3.63, 3.8) is 0 Å². The van der Waals surface area contributed by atoms with Gasteiger partial charge in [0, 0.05) is 24.0 Å². The van der Waals surface area contributed by atoms with E-state index in [2.05, 4.69) is 34.1 Å². The standard InChI is InChI=1S/2C11H17N3/c12-10-7-4-8-11(13)14(10)9-5-2-1-3-6-9;12-9-6-7-11(13)14(8-9)10-4-2-1-3-5-10/h1-3,5-6,10-11H,4,7-8,12-13H2;1-5,9,11H,6-8,12-13H2. The van der Waals surface area contributed by atoms with Crippen molar-refractivity contribution in [1.82, 2.24) is 0 Å². The molecule has 6 heteroatoms. The van der Waals surface area contributed by atoms with Gasteiger partial charge in [-0.1, -0.05) is 36.4 Å². The molecule has 2 aliphatic rings. The number of hydrogen-bond acceptors (Lipinski definition) is 6. The van der Waals surface area contributed by atoms with Crippen LogP contribution in [0.25, 0.3) is 0 Å². The molecule has 0 saturated carbocycles. The number of hydrogen-bond donors (Lipinski definition) is 4. The Bertz CT molecular complexity index is 685. The van der Waals surface area contributed by atoms with Crippen LogP contribution in [0.2, 0.25) is 0 Å². The summed E-state index contributed by atoms with van der Waals surface area (Å²) in [5.74, 6) is 0. The Balaban J connectivity index is 0.000000161. The first-order chi connectivity index (χ1) is 13.6. The third-order valence-electron chi connectivity index (χ3n) is 5.52. The van der Waals surface area contributed by atoms with Gasteiger partial charge in [0.2, 0.25) is 0 Å². The number of benzene rings is 2. The lowest BCUT2D eigenvalue weighted by atomic mass is 10.0. The zero-order valence-electron chi connectivity index (χ0n) is 16.5. The van der Waals surface area contributed by atoms with E-state index in [0.29, 0.717) is 0 Å². The lowest BCUT2D eigenvalue weighted by molar-refractivity contribution is 0.393. The molecule has 8 N–H and O–H groups in total. The molecule has 0 aliphatic carbocycles. The molecular formula is C22H34N6. The van der Waals surface area contributed by atoms with Gasteiger partial charge in [0.1, 0.15) is 0 Å². The van der Waals surface area contributed by atoms with Gasteiger partial charge in [-0.2, -0.15) is 0 Å². The highest BCUT2D eigenvalue weighted by atomic mass is 15.3. The average Bonchev–Trinajstić information content (AvgIpc) is 2.72. The van der Waals surface area contributed by atoms with Gasteiger partial charge in [0.05, 0.1) is 18.5 Å². The molecule has 152 valence electrons. The van der Waals surface area contributed by atoms with E-state index < -0.39 is 0 Å². The largest absolute Gasteiger partial charge is 0.355 e. The highest BCUT2D eigenvalue weighted by Crippen LogP contribution is 2.24. The van der Waals surface area contributed by atoms with E-state index in [1.54, 1.807) is 0 Å². The van der Waals surface area contributed by atoms with Gasteiger partial charge in [-0.25, -0.2) is 0 Å². The fourth-order valence-corrected chi connectivity index (χ4v) is 3.98. The summed E-state index contributed by atoms with van der Waals surface area (Å²) in [5.41, 5.74) is 26.4. The molecule has 2 aromatic rings. The molecule has 2 fully saturated rings. The van der Waals surface area contributed by atoms with Crippen molar-refractivity contribution in [1.29, 1.82) is 0 Å². The average molecular weight is 383 g/mol. The van der Waals surface area contributed by atoms with E-state index >= 15 is 0 Å². The highest BCUT2D eigenvalue weighted by Gasteiger charge is 2.25. The van der Waals surface area contributed by atoms with Crippen LogP contribution in [0.1, 0.15) is 32.1 Å². The summed E-state index contributed by atoms with van der Waals surface area (Å²) in [7, 11) is 0. The quantitative estimate of drug-likeness (QED) is 0.633. The van der Waals surface area contributed by atoms with Gasteiger partial charge in [-0.05, 0) is 56.4 Å². The van der Waals surface area contributed by atoms with Crippen molar-refractivity contribution >= 4 is 11.4 Å². The molecule has 2 saturated heterocycles. The maximum atomic E-state index is 6.05. The zero-order valence-corrected chi connectivity index (χ0v) is 16.5. The van der Waals surface area contributed by atoms with Gasteiger partial charge in [-0.15, -0.1) is 0 Å². The summed E-state index contributed by atoms with van der Waals surface area (Å²) in [4.78, 5) is 4.30. The van der Waals surface area contributed by atoms with Gasteiger partial charge >= 0.3 is 0 Å². The summed E-state index contributed by atoms with van der Waals surface area (Å²) >= 11 is 0. The van der Waals surface area contributed by atoms with Gasteiger partial charge < -0.3 is 32.7 Å². The Morgan fingerprint density at radius 2 is 1.14 bits per heavy atom. The van der Waals surface area contributed by atoms with Crippen LogP contribution >= 0.6 is 0 Å². The Morgan fingerprint density at radius 1 is 0.607 bits per heavy atom. The van der Waals surface area contributed by atoms with Crippen LogP contribution in [-0.2, 0) is 0 Å². The van der Waals surface area contributed by atoms with Crippen LogP contribution in [0.4, 0.5) is 11.4 Å². The van der Waals surface area contributed by atoms with Crippen LogP contribution in [0, 0.1) is 0 Å². The Labute approximate surface area is 168 Å². The topological polar surface area (TPSA) is 111 Å². The molecule has 0 amide bonds. The van der Waals surface area contributed by atoms with E-state index in [0.717, 1.165) is 44.3 Å². The minimum Gasteiger partial charge on any atom is -0.355 e. The van der Waals surface area contributed by atoms with Crippen molar-refractivity contribution in [3.8, 4) is 0 Å². The summed E-state index contributed by atoms with van der Waals surface area (Å²) in [6, 6.07) is 20.7. The summed E-state index contributed by atoms with van der Waals surface area (Å²) in [5, 5.41) is 0. The molecule has 28 heavy (non-hydrogen) atoms. The van der Waals surface area contributed by atoms with Crippen LogP contribution in [0.15, 0.2) is 60.7 Å². The number of nitrogens with zero attached hydrogens (tertiary/aromatic N) is 2. The van der Waals surface area contributed by atoms with Crippen molar-refractivity contribution in [3.05, 3.63) is 60.7 Å². The summed E-state index contributed by atoms with van der Waals surface area (Å²) < 4.78 is 0. The van der Waals surface area contributed by atoms with Crippen molar-refractivity contribution in [2.24, 2.45) is 22.9 Å². The lowest BCUT2D eigenvalue weighted by Gasteiger charge is -2.40. The second kappa shape index (κ2) is 9.89. The molecule has 0 radical (unpaired) electrons. The minimum absolute atomic E-state index is 0.0705. The predicted octanol–water partition coefficient (Wildman–Crippen LogP) is 2.15. The predicted molar refractivity (Wildman–Crippen MR) is 118 cm³/mol. The highest BCUT2D eigenvalue weighted by molar-refractivity contribution is 5.48. The lowest BCUT2D eigenvalue weighted by Crippen LogP contribution is -2.55. The van der Waals surface area contributed by atoms with Crippen LogP contribution in [0.5, 0.6) is 0 Å². The maximum Gasteiger partial charge on any atom is 0.0786 e. The zero-order chi connectivity index (χ0) is 19.9. The first-order valence-electron chi connectivity index (χ1n) is 10.2. The molecule has 0 aromatic heterocycles. The number of rotatable bonds is 2. The van der Waals surface area contributed by atoms with Crippen molar-refractivity contribution in [2.75, 3.05) is 16.3 Å². The molecule has 0 spiro atoms. The van der Waals surface area contributed by atoms with E-state index in [1.807, 2.05) is 36.4 Å². The van der Waals surface area contributed by atoms with Crippen LogP contribution in [-0.4, -0.2) is 31.1 Å². The SMILES string of the molecule is NC1CCC(N)N(c2ccccc2)C1.NC1CCCC(N)N1c1ccccc1. The first kappa shape index (κ1) is 20.6. The number of nitrogens with two attached hydrogens (primary N) is 4. The maximum absolute atomic E-state index is 6.05. The summed E-state index contributed by atoms with van der Waals surface area (Å²) in [6.07, 6.45) is 5.47. The third kappa shape index (κ3) is 5.23. The molecule has 2 heterocycles. The summed E-state index contributed by atoms with van der Waals surface area (Å²) in [6.45, 7) is 0.866. The second-order valence-electron chi connectivity index (χ2n) is 7.70. The van der Waals surface area contributed by atoms with Gasteiger partial charge in [0.25, 0.3) is 0 Å². The Morgan fingerprint density at radius 3 is 1.71 bits per heavy atom. The van der Waals surface area contributed by atoms with Gasteiger partial charge in [0.15, 0.2) is 0 Å². The molecule has 4 rings (SSSR count). The first-order valence-corrected chi connectivity index (χ1v) is 10.2. The molecule has 2 aromatic carbocycles. The fourth-order valence-electron chi connectivity index (χ4n) is 3.98.